The number of ether oxygens (including phenoxy) is 1. The van der Waals surface area contributed by atoms with Gasteiger partial charge in [-0.05, 0) is 18.6 Å². The molecule has 2 aromatic heterocycles. The van der Waals surface area contributed by atoms with Crippen LogP contribution in [0.2, 0.25) is 0 Å². The third kappa shape index (κ3) is 3.33. The third-order valence-electron chi connectivity index (χ3n) is 4.76. The Balaban J connectivity index is 2.30. The molecule has 3 N–H and O–H groups in total. The monoisotopic (exact) mass is 356 g/mol. The number of nitrogens with zero attached hydrogens (tertiary/aromatic N) is 3. The lowest BCUT2D eigenvalue weighted by Gasteiger charge is -2.24. The largest absolute Gasteiger partial charge is 0.497 e. The lowest BCUT2D eigenvalue weighted by atomic mass is 9.94. The SMILES string of the molecule is CCCCc1nc2c(N)nc3cc(OC)ccc3c2n1CC(C)(C)CO. The number of anilines is 1. The Hall–Kier alpha value is -2.34. The van der Waals surface area contributed by atoms with E-state index in [1.54, 1.807) is 7.11 Å². The van der Waals surface area contributed by atoms with Gasteiger partial charge in [0.2, 0.25) is 0 Å². The van der Waals surface area contributed by atoms with Crippen molar-refractivity contribution in [2.45, 2.75) is 46.6 Å². The van der Waals surface area contributed by atoms with Crippen molar-refractivity contribution in [3.8, 4) is 5.75 Å². The molecule has 0 bridgehead atoms. The van der Waals surface area contributed by atoms with E-state index in [2.05, 4.69) is 30.3 Å². The van der Waals surface area contributed by atoms with E-state index < -0.39 is 0 Å². The average molecular weight is 356 g/mol. The molecule has 3 aromatic rings. The maximum Gasteiger partial charge on any atom is 0.152 e. The number of pyridine rings is 1. The van der Waals surface area contributed by atoms with Crippen LogP contribution in [0.25, 0.3) is 21.9 Å². The molecule has 6 heteroatoms. The maximum atomic E-state index is 9.78. The standard InChI is InChI=1S/C20H28N4O2/c1-5-6-7-16-23-17-18(24(16)11-20(2,3)12-25)14-9-8-13(26-4)10-15(14)22-19(17)21/h8-10,25H,5-7,11-12H2,1-4H3,(H2,21,22). The predicted octanol–water partition coefficient (Wildman–Crippen LogP) is 3.54. The number of imidazole rings is 1. The number of aryl methyl sites for hydroxylation is 1. The molecule has 0 saturated carbocycles. The number of benzene rings is 1. The summed E-state index contributed by atoms with van der Waals surface area (Å²) in [6, 6.07) is 5.84. The van der Waals surface area contributed by atoms with E-state index in [-0.39, 0.29) is 12.0 Å². The molecule has 0 aliphatic heterocycles. The maximum absolute atomic E-state index is 9.78. The van der Waals surface area contributed by atoms with Crippen molar-refractivity contribution in [1.82, 2.24) is 14.5 Å². The molecule has 2 heterocycles. The molecule has 1 aromatic carbocycles. The van der Waals surface area contributed by atoms with Crippen LogP contribution in [0, 0.1) is 5.41 Å². The van der Waals surface area contributed by atoms with Gasteiger partial charge in [-0.2, -0.15) is 0 Å². The molecule has 0 radical (unpaired) electrons. The molecule has 26 heavy (non-hydrogen) atoms. The number of unbranched alkanes of at least 4 members (excludes halogenated alkanes) is 1. The summed E-state index contributed by atoms with van der Waals surface area (Å²) in [5.41, 5.74) is 8.50. The highest BCUT2D eigenvalue weighted by atomic mass is 16.5. The first-order chi connectivity index (χ1) is 12.4. The second-order valence-electron chi connectivity index (χ2n) is 7.62. The summed E-state index contributed by atoms with van der Waals surface area (Å²) in [7, 11) is 1.64. The van der Waals surface area contributed by atoms with Crippen molar-refractivity contribution in [2.75, 3.05) is 19.5 Å². The fourth-order valence-corrected chi connectivity index (χ4v) is 3.24. The molecule has 0 unspecified atom stereocenters. The van der Waals surface area contributed by atoms with E-state index in [9.17, 15) is 5.11 Å². The fourth-order valence-electron chi connectivity index (χ4n) is 3.24. The molecule has 6 nitrogen and oxygen atoms in total. The van der Waals surface area contributed by atoms with Crippen LogP contribution in [0.5, 0.6) is 5.75 Å². The first-order valence-corrected chi connectivity index (χ1v) is 9.13. The minimum absolute atomic E-state index is 0.103. The summed E-state index contributed by atoms with van der Waals surface area (Å²) in [5.74, 6) is 2.18. The molecule has 0 fully saturated rings. The second-order valence-corrected chi connectivity index (χ2v) is 7.62. The summed E-state index contributed by atoms with van der Waals surface area (Å²) in [6.45, 7) is 7.05. The highest BCUT2D eigenvalue weighted by Gasteiger charge is 2.23. The molecular weight excluding hydrogens is 328 g/mol. The summed E-state index contributed by atoms with van der Waals surface area (Å²) in [4.78, 5) is 9.36. The predicted molar refractivity (Wildman–Crippen MR) is 105 cm³/mol. The molecule has 0 spiro atoms. The lowest BCUT2D eigenvalue weighted by Crippen LogP contribution is -2.25. The molecule has 0 atom stereocenters. The number of hydrogen-bond donors (Lipinski definition) is 2. The van der Waals surface area contributed by atoms with Crippen molar-refractivity contribution in [2.24, 2.45) is 5.41 Å². The Morgan fingerprint density at radius 1 is 1.27 bits per heavy atom. The third-order valence-corrected chi connectivity index (χ3v) is 4.76. The van der Waals surface area contributed by atoms with Gasteiger partial charge in [-0.3, -0.25) is 0 Å². The van der Waals surface area contributed by atoms with Gasteiger partial charge in [-0.1, -0.05) is 27.2 Å². The van der Waals surface area contributed by atoms with Crippen LogP contribution in [0.3, 0.4) is 0 Å². The Morgan fingerprint density at radius 2 is 2.04 bits per heavy atom. The minimum Gasteiger partial charge on any atom is -0.497 e. The van der Waals surface area contributed by atoms with E-state index >= 15 is 0 Å². The van der Waals surface area contributed by atoms with E-state index in [4.69, 9.17) is 15.5 Å². The van der Waals surface area contributed by atoms with Gasteiger partial charge in [0.25, 0.3) is 0 Å². The number of nitrogen functional groups attached to an aromatic ring is 1. The number of hydrogen-bond acceptors (Lipinski definition) is 5. The van der Waals surface area contributed by atoms with Gasteiger partial charge >= 0.3 is 0 Å². The molecule has 3 rings (SSSR count). The average Bonchev–Trinajstić information content (AvgIpc) is 2.98. The van der Waals surface area contributed by atoms with Crippen LogP contribution in [0.1, 0.15) is 39.4 Å². The molecule has 0 amide bonds. The smallest absolute Gasteiger partial charge is 0.152 e. The van der Waals surface area contributed by atoms with Crippen LogP contribution in [0.15, 0.2) is 18.2 Å². The van der Waals surface area contributed by atoms with E-state index in [0.717, 1.165) is 52.8 Å². The number of rotatable bonds is 7. The lowest BCUT2D eigenvalue weighted by molar-refractivity contribution is 0.141. The normalized spacial score (nSPS) is 12.2. The van der Waals surface area contributed by atoms with Gasteiger partial charge in [-0.15, -0.1) is 0 Å². The molecule has 0 aliphatic carbocycles. The number of aliphatic hydroxyl groups excluding tert-OH is 1. The van der Waals surface area contributed by atoms with E-state index in [1.165, 1.54) is 0 Å². The van der Waals surface area contributed by atoms with Crippen molar-refractivity contribution in [1.29, 1.82) is 0 Å². The summed E-state index contributed by atoms with van der Waals surface area (Å²) in [5, 5.41) is 10.8. The van der Waals surface area contributed by atoms with Gasteiger partial charge in [0.1, 0.15) is 17.1 Å². The van der Waals surface area contributed by atoms with Crippen molar-refractivity contribution >= 4 is 27.8 Å². The highest BCUT2D eigenvalue weighted by Crippen LogP contribution is 2.33. The summed E-state index contributed by atoms with van der Waals surface area (Å²) >= 11 is 0. The number of aromatic nitrogens is 3. The van der Waals surface area contributed by atoms with Crippen LogP contribution in [0.4, 0.5) is 5.82 Å². The Labute approximate surface area is 154 Å². The summed E-state index contributed by atoms with van der Waals surface area (Å²) in [6.07, 6.45) is 3.03. The number of aliphatic hydroxyl groups is 1. The van der Waals surface area contributed by atoms with Crippen LogP contribution in [-0.2, 0) is 13.0 Å². The van der Waals surface area contributed by atoms with Crippen LogP contribution >= 0.6 is 0 Å². The van der Waals surface area contributed by atoms with Crippen LogP contribution < -0.4 is 10.5 Å². The van der Waals surface area contributed by atoms with Crippen molar-refractivity contribution in [3.63, 3.8) is 0 Å². The first-order valence-electron chi connectivity index (χ1n) is 9.13. The number of methoxy groups -OCH3 is 1. The van der Waals surface area contributed by atoms with Crippen LogP contribution in [-0.4, -0.2) is 33.4 Å². The zero-order valence-electron chi connectivity index (χ0n) is 16.0. The topological polar surface area (TPSA) is 86.2 Å². The highest BCUT2D eigenvalue weighted by molar-refractivity contribution is 6.06. The quantitative estimate of drug-likeness (QED) is 0.676. The van der Waals surface area contributed by atoms with Gasteiger partial charge < -0.3 is 20.1 Å². The Kier molecular flexibility index (Phi) is 5.05. The zero-order chi connectivity index (χ0) is 18.9. The Bertz CT molecular complexity index is 931. The van der Waals surface area contributed by atoms with Gasteiger partial charge in [0.15, 0.2) is 5.82 Å². The fraction of sp³-hybridized carbons (Fsp3) is 0.500. The molecule has 0 aliphatic rings. The van der Waals surface area contributed by atoms with Crippen molar-refractivity contribution < 1.29 is 9.84 Å². The van der Waals surface area contributed by atoms with Gasteiger partial charge in [-0.25, -0.2) is 9.97 Å². The molecular formula is C20H28N4O2. The zero-order valence-corrected chi connectivity index (χ0v) is 16.0. The van der Waals surface area contributed by atoms with E-state index in [0.29, 0.717) is 12.4 Å². The van der Waals surface area contributed by atoms with Gasteiger partial charge in [0.05, 0.1) is 18.1 Å². The first kappa shape index (κ1) is 18.5. The minimum atomic E-state index is -0.259. The van der Waals surface area contributed by atoms with Gasteiger partial charge in [0, 0.05) is 36.4 Å². The number of fused-ring (bicyclic) bond motifs is 3. The second kappa shape index (κ2) is 7.11. The van der Waals surface area contributed by atoms with E-state index in [1.807, 2.05) is 18.2 Å². The summed E-state index contributed by atoms with van der Waals surface area (Å²) < 4.78 is 7.54. The molecule has 140 valence electrons. The Morgan fingerprint density at radius 3 is 2.69 bits per heavy atom. The molecule has 0 saturated heterocycles. The number of nitrogens with two attached hydrogens (primary N) is 1. The van der Waals surface area contributed by atoms with Crippen molar-refractivity contribution in [3.05, 3.63) is 24.0 Å².